The quantitative estimate of drug-likeness (QED) is 0.427. The van der Waals surface area contributed by atoms with E-state index in [-0.39, 0.29) is 16.7 Å². The molecule has 0 saturated carbocycles. The lowest BCUT2D eigenvalue weighted by Gasteiger charge is -2.30. The van der Waals surface area contributed by atoms with E-state index in [0.29, 0.717) is 5.92 Å². The molecule has 5 heteroatoms. The number of hydrogen-bond donors (Lipinski definition) is 0. The number of hydrogen-bond acceptors (Lipinski definition) is 3. The normalized spacial score (nSPS) is 17.1. The molecule has 1 aromatic heterocycles. The molecule has 1 aliphatic rings. The Hall–Kier alpha value is -2.92. The van der Waals surface area contributed by atoms with Crippen molar-refractivity contribution in [3.8, 4) is 0 Å². The second kappa shape index (κ2) is 8.21. The summed E-state index contributed by atoms with van der Waals surface area (Å²) in [5.74, 6) is 0.505. The minimum absolute atomic E-state index is 0.140. The molecule has 0 spiro atoms. The molecule has 2 aromatic carbocycles. The van der Waals surface area contributed by atoms with Crippen molar-refractivity contribution in [3.05, 3.63) is 99.4 Å². The van der Waals surface area contributed by atoms with Gasteiger partial charge in [-0.3, -0.25) is 15.0 Å². The second-order valence-electron chi connectivity index (χ2n) is 8.07. The highest BCUT2D eigenvalue weighted by Gasteiger charge is 2.32. The molecule has 3 aromatic rings. The van der Waals surface area contributed by atoms with Gasteiger partial charge in [-0.2, -0.15) is 0 Å². The number of rotatable bonds is 5. The van der Waals surface area contributed by atoms with Crippen LogP contribution in [0.1, 0.15) is 54.6 Å². The summed E-state index contributed by atoms with van der Waals surface area (Å²) in [6.07, 6.45) is 3.10. The highest BCUT2D eigenvalue weighted by atomic mass is 16.6. The van der Waals surface area contributed by atoms with Gasteiger partial charge in [-0.25, -0.2) is 0 Å². The lowest BCUT2D eigenvalue weighted by atomic mass is 9.98. The van der Waals surface area contributed by atoms with Crippen molar-refractivity contribution in [3.63, 3.8) is 0 Å². The SMILES string of the molecule is CC(C)c1ccc(CN2CCCn3cccc3[C@H]2c2ccccc2[N+](=O)[O-])cc1. The van der Waals surface area contributed by atoms with Crippen molar-refractivity contribution in [1.82, 2.24) is 9.47 Å². The van der Waals surface area contributed by atoms with Gasteiger partial charge < -0.3 is 4.57 Å². The first-order valence-corrected chi connectivity index (χ1v) is 10.3. The highest BCUT2D eigenvalue weighted by Crippen LogP contribution is 2.37. The maximum Gasteiger partial charge on any atom is 0.274 e. The van der Waals surface area contributed by atoms with E-state index in [4.69, 9.17) is 0 Å². The number of fused-ring (bicyclic) bond motifs is 1. The minimum Gasteiger partial charge on any atom is -0.350 e. The van der Waals surface area contributed by atoms with Crippen molar-refractivity contribution in [2.45, 2.75) is 45.3 Å². The zero-order chi connectivity index (χ0) is 20.4. The number of aromatic nitrogens is 1. The van der Waals surface area contributed by atoms with Crippen molar-refractivity contribution < 1.29 is 4.92 Å². The summed E-state index contributed by atoms with van der Waals surface area (Å²) in [5.41, 5.74) is 4.63. The van der Waals surface area contributed by atoms with Gasteiger partial charge in [0.15, 0.2) is 0 Å². The van der Waals surface area contributed by atoms with E-state index in [9.17, 15) is 10.1 Å². The van der Waals surface area contributed by atoms with Gasteiger partial charge in [-0.1, -0.05) is 56.3 Å². The third-order valence-corrected chi connectivity index (χ3v) is 5.81. The maximum atomic E-state index is 11.7. The zero-order valence-corrected chi connectivity index (χ0v) is 17.0. The number of benzene rings is 2. The van der Waals surface area contributed by atoms with Crippen LogP contribution in [0.15, 0.2) is 66.9 Å². The van der Waals surface area contributed by atoms with E-state index < -0.39 is 0 Å². The Morgan fingerprint density at radius 1 is 1.03 bits per heavy atom. The molecule has 0 saturated heterocycles. The molecular weight excluding hydrogens is 362 g/mol. The smallest absolute Gasteiger partial charge is 0.274 e. The van der Waals surface area contributed by atoms with E-state index in [1.165, 1.54) is 11.1 Å². The number of nitrogens with zero attached hydrogens (tertiary/aromatic N) is 3. The Bertz CT molecular complexity index is 991. The molecule has 29 heavy (non-hydrogen) atoms. The summed E-state index contributed by atoms with van der Waals surface area (Å²) in [5, 5.41) is 11.7. The van der Waals surface area contributed by atoms with Crippen molar-refractivity contribution in [2.24, 2.45) is 0 Å². The van der Waals surface area contributed by atoms with Gasteiger partial charge >= 0.3 is 0 Å². The van der Waals surface area contributed by atoms with Gasteiger partial charge in [0.25, 0.3) is 5.69 Å². The van der Waals surface area contributed by atoms with Crippen LogP contribution >= 0.6 is 0 Å². The molecule has 0 fully saturated rings. The Morgan fingerprint density at radius 3 is 2.52 bits per heavy atom. The van der Waals surface area contributed by atoms with Crippen LogP contribution in [0.5, 0.6) is 0 Å². The molecule has 0 bridgehead atoms. The van der Waals surface area contributed by atoms with Gasteiger partial charge in [-0.05, 0) is 35.6 Å². The number of nitro benzene ring substituents is 1. The van der Waals surface area contributed by atoms with Crippen LogP contribution in [0.25, 0.3) is 0 Å². The topological polar surface area (TPSA) is 51.3 Å². The molecule has 0 N–H and O–H groups in total. The predicted molar refractivity (Wildman–Crippen MR) is 115 cm³/mol. The molecule has 0 unspecified atom stereocenters. The van der Waals surface area contributed by atoms with E-state index in [1.54, 1.807) is 12.1 Å². The average Bonchev–Trinajstić information content (AvgIpc) is 3.10. The molecule has 1 atom stereocenters. The largest absolute Gasteiger partial charge is 0.350 e. The predicted octanol–water partition coefficient (Wildman–Crippen LogP) is 5.52. The van der Waals surface area contributed by atoms with Gasteiger partial charge in [0.05, 0.1) is 16.5 Å². The van der Waals surface area contributed by atoms with Crippen LogP contribution < -0.4 is 0 Å². The molecule has 0 radical (unpaired) electrons. The monoisotopic (exact) mass is 389 g/mol. The summed E-state index contributed by atoms with van der Waals surface area (Å²) in [4.78, 5) is 13.9. The Morgan fingerprint density at radius 2 is 1.79 bits per heavy atom. The lowest BCUT2D eigenvalue weighted by molar-refractivity contribution is -0.385. The van der Waals surface area contributed by atoms with Gasteiger partial charge in [0.2, 0.25) is 0 Å². The third kappa shape index (κ3) is 3.96. The van der Waals surface area contributed by atoms with Crippen molar-refractivity contribution in [1.29, 1.82) is 0 Å². The Balaban J connectivity index is 1.74. The van der Waals surface area contributed by atoms with Gasteiger partial charge in [-0.15, -0.1) is 0 Å². The summed E-state index contributed by atoms with van der Waals surface area (Å²) in [7, 11) is 0. The highest BCUT2D eigenvalue weighted by molar-refractivity contribution is 5.46. The van der Waals surface area contributed by atoms with Crippen LogP contribution in [0.2, 0.25) is 0 Å². The minimum atomic E-state index is -0.261. The lowest BCUT2D eigenvalue weighted by Crippen LogP contribution is -2.30. The van der Waals surface area contributed by atoms with Crippen LogP contribution in [0.3, 0.4) is 0 Å². The molecule has 0 amide bonds. The van der Waals surface area contributed by atoms with Crippen LogP contribution in [0, 0.1) is 10.1 Å². The standard InChI is InChI=1S/C24H27N3O2/c1-18(2)20-12-10-19(11-13-20)17-26-16-6-15-25-14-5-9-23(25)24(26)21-7-3-4-8-22(21)27(28)29/h3-5,7-14,18,24H,6,15-17H2,1-2H3/t24-/m1/s1. The average molecular weight is 389 g/mol. The van der Waals surface area contributed by atoms with E-state index in [1.807, 2.05) is 18.2 Å². The number of nitro groups is 1. The summed E-state index contributed by atoms with van der Waals surface area (Å²) in [6.45, 7) is 6.98. The van der Waals surface area contributed by atoms with Crippen LogP contribution in [0.4, 0.5) is 5.69 Å². The molecular formula is C24H27N3O2. The first kappa shape index (κ1) is 19.4. The fourth-order valence-corrected chi connectivity index (χ4v) is 4.29. The van der Waals surface area contributed by atoms with Gasteiger partial charge in [0, 0.05) is 37.6 Å². The fraction of sp³-hybridized carbons (Fsp3) is 0.333. The fourth-order valence-electron chi connectivity index (χ4n) is 4.29. The summed E-state index contributed by atoms with van der Waals surface area (Å²) < 4.78 is 2.24. The second-order valence-corrected chi connectivity index (χ2v) is 8.07. The maximum absolute atomic E-state index is 11.7. The van der Waals surface area contributed by atoms with Crippen molar-refractivity contribution >= 4 is 5.69 Å². The van der Waals surface area contributed by atoms with Gasteiger partial charge in [0.1, 0.15) is 0 Å². The van der Waals surface area contributed by atoms with Crippen LogP contribution in [-0.4, -0.2) is 20.9 Å². The summed E-state index contributed by atoms with van der Waals surface area (Å²) >= 11 is 0. The van der Waals surface area contributed by atoms with E-state index >= 15 is 0 Å². The first-order chi connectivity index (χ1) is 14.0. The molecule has 1 aliphatic heterocycles. The molecule has 5 nitrogen and oxygen atoms in total. The number of aryl methyl sites for hydroxylation is 1. The van der Waals surface area contributed by atoms with Crippen molar-refractivity contribution in [2.75, 3.05) is 6.54 Å². The summed E-state index contributed by atoms with van der Waals surface area (Å²) in [6, 6.07) is 19.9. The Kier molecular flexibility index (Phi) is 5.49. The molecule has 4 rings (SSSR count). The van der Waals surface area contributed by atoms with Crippen LogP contribution in [-0.2, 0) is 13.1 Å². The zero-order valence-electron chi connectivity index (χ0n) is 17.0. The van der Waals surface area contributed by atoms with E-state index in [0.717, 1.165) is 37.3 Å². The third-order valence-electron chi connectivity index (χ3n) is 5.81. The molecule has 2 heterocycles. The molecule has 150 valence electrons. The Labute approximate surface area is 171 Å². The number of para-hydroxylation sites is 1. The van der Waals surface area contributed by atoms with E-state index in [2.05, 4.69) is 59.8 Å². The molecule has 0 aliphatic carbocycles. The first-order valence-electron chi connectivity index (χ1n) is 10.3.